The van der Waals surface area contributed by atoms with Crippen LogP contribution >= 0.6 is 15.9 Å². The number of rotatable bonds is 3. The lowest BCUT2D eigenvalue weighted by molar-refractivity contribution is 0.855. The molecule has 102 valence electrons. The zero-order valence-electron chi connectivity index (χ0n) is 11.2. The highest BCUT2D eigenvalue weighted by Gasteiger charge is 2.14. The Hall–Kier alpha value is -2.13. The summed E-state index contributed by atoms with van der Waals surface area (Å²) < 4.78 is 0.795. The molecule has 0 fully saturated rings. The Balaban J connectivity index is 2.41. The van der Waals surface area contributed by atoms with Gasteiger partial charge in [0.05, 0.1) is 17.3 Å². The van der Waals surface area contributed by atoms with Gasteiger partial charge < -0.3 is 11.1 Å². The number of halogens is 1. The maximum Gasteiger partial charge on any atom is 0.139 e. The number of hydrogen-bond donors (Lipinski definition) is 2. The van der Waals surface area contributed by atoms with Crippen LogP contribution in [-0.4, -0.2) is 9.97 Å². The van der Waals surface area contributed by atoms with Crippen molar-refractivity contribution in [2.45, 2.75) is 19.8 Å². The Morgan fingerprint density at radius 3 is 2.70 bits per heavy atom. The van der Waals surface area contributed by atoms with Crippen LogP contribution in [0.3, 0.4) is 0 Å². The summed E-state index contributed by atoms with van der Waals surface area (Å²) in [5, 5.41) is 12.1. The fourth-order valence-corrected chi connectivity index (χ4v) is 2.37. The predicted molar refractivity (Wildman–Crippen MR) is 82.7 cm³/mol. The highest BCUT2D eigenvalue weighted by Crippen LogP contribution is 2.31. The van der Waals surface area contributed by atoms with Crippen molar-refractivity contribution in [3.05, 3.63) is 40.1 Å². The van der Waals surface area contributed by atoms with E-state index in [1.54, 1.807) is 12.1 Å². The first-order valence-corrected chi connectivity index (χ1v) is 6.89. The van der Waals surface area contributed by atoms with E-state index in [1.807, 2.05) is 19.9 Å². The lowest BCUT2D eigenvalue weighted by Crippen LogP contribution is -2.06. The molecule has 20 heavy (non-hydrogen) atoms. The van der Waals surface area contributed by atoms with E-state index in [4.69, 9.17) is 11.0 Å². The zero-order valence-corrected chi connectivity index (χ0v) is 12.8. The maximum absolute atomic E-state index is 8.87. The van der Waals surface area contributed by atoms with Gasteiger partial charge in [0.1, 0.15) is 18.0 Å². The first-order chi connectivity index (χ1) is 9.52. The van der Waals surface area contributed by atoms with Gasteiger partial charge in [-0.25, -0.2) is 9.97 Å². The Kier molecular flexibility index (Phi) is 4.20. The van der Waals surface area contributed by atoms with Crippen molar-refractivity contribution in [3.63, 3.8) is 0 Å². The average Bonchev–Trinajstić information content (AvgIpc) is 2.40. The maximum atomic E-state index is 8.87. The van der Waals surface area contributed by atoms with Crippen molar-refractivity contribution in [2.75, 3.05) is 11.1 Å². The largest absolute Gasteiger partial charge is 0.383 e. The van der Waals surface area contributed by atoms with Crippen LogP contribution in [-0.2, 0) is 0 Å². The van der Waals surface area contributed by atoms with Gasteiger partial charge in [0.15, 0.2) is 0 Å². The molecule has 0 bridgehead atoms. The van der Waals surface area contributed by atoms with Gasteiger partial charge >= 0.3 is 0 Å². The van der Waals surface area contributed by atoms with Crippen LogP contribution in [0.2, 0.25) is 0 Å². The molecule has 0 aliphatic heterocycles. The summed E-state index contributed by atoms with van der Waals surface area (Å²) in [7, 11) is 0. The summed E-state index contributed by atoms with van der Waals surface area (Å²) >= 11 is 3.44. The van der Waals surface area contributed by atoms with E-state index in [0.717, 1.165) is 15.7 Å². The van der Waals surface area contributed by atoms with E-state index in [9.17, 15) is 0 Å². The fraction of sp³-hybridized carbons (Fsp3) is 0.214. The van der Waals surface area contributed by atoms with Gasteiger partial charge in [-0.1, -0.05) is 13.8 Å². The Bertz CT molecular complexity index is 676. The van der Waals surface area contributed by atoms with Crippen molar-refractivity contribution in [2.24, 2.45) is 0 Å². The number of benzene rings is 1. The van der Waals surface area contributed by atoms with E-state index in [2.05, 4.69) is 37.3 Å². The van der Waals surface area contributed by atoms with Gasteiger partial charge in [-0.15, -0.1) is 0 Å². The van der Waals surface area contributed by atoms with Crippen LogP contribution in [0.4, 0.5) is 17.3 Å². The van der Waals surface area contributed by atoms with Crippen LogP contribution in [0.1, 0.15) is 30.9 Å². The summed E-state index contributed by atoms with van der Waals surface area (Å²) in [6, 6.07) is 7.41. The van der Waals surface area contributed by atoms with E-state index >= 15 is 0 Å². The normalized spacial score (nSPS) is 10.3. The molecule has 0 saturated heterocycles. The minimum Gasteiger partial charge on any atom is -0.383 e. The van der Waals surface area contributed by atoms with Crippen LogP contribution in [0, 0.1) is 11.3 Å². The van der Waals surface area contributed by atoms with Crippen LogP contribution in [0.15, 0.2) is 29.0 Å². The number of anilines is 3. The molecule has 2 aromatic rings. The monoisotopic (exact) mass is 331 g/mol. The molecule has 0 spiro atoms. The third kappa shape index (κ3) is 2.89. The standard InChI is InChI=1S/C14H14BrN5/c1-8(2)12-13(17)18-7-19-14(12)20-11-4-3-9(6-16)5-10(11)15/h3-5,7-8H,1-2H3,(H3,17,18,19,20). The van der Waals surface area contributed by atoms with Gasteiger partial charge in [0.25, 0.3) is 0 Å². The molecule has 0 amide bonds. The number of nitrogens with zero attached hydrogens (tertiary/aromatic N) is 3. The molecule has 0 radical (unpaired) electrons. The minimum atomic E-state index is 0.204. The Morgan fingerprint density at radius 1 is 1.35 bits per heavy atom. The minimum absolute atomic E-state index is 0.204. The first-order valence-electron chi connectivity index (χ1n) is 6.10. The van der Waals surface area contributed by atoms with Crippen LogP contribution in [0.5, 0.6) is 0 Å². The Labute approximate surface area is 126 Å². The third-order valence-electron chi connectivity index (χ3n) is 2.84. The molecule has 0 unspecified atom stereocenters. The number of aromatic nitrogens is 2. The van der Waals surface area contributed by atoms with Gasteiger partial charge in [-0.3, -0.25) is 0 Å². The van der Waals surface area contributed by atoms with Crippen molar-refractivity contribution < 1.29 is 0 Å². The molecule has 0 saturated carbocycles. The lowest BCUT2D eigenvalue weighted by Gasteiger charge is -2.15. The summed E-state index contributed by atoms with van der Waals surface area (Å²) in [6.07, 6.45) is 1.43. The average molecular weight is 332 g/mol. The molecular weight excluding hydrogens is 318 g/mol. The number of hydrogen-bond acceptors (Lipinski definition) is 5. The number of nitriles is 1. The molecule has 1 aromatic heterocycles. The molecule has 0 aliphatic rings. The van der Waals surface area contributed by atoms with E-state index in [-0.39, 0.29) is 5.92 Å². The smallest absolute Gasteiger partial charge is 0.139 e. The molecule has 2 rings (SSSR count). The van der Waals surface area contributed by atoms with Gasteiger partial charge in [-0.05, 0) is 40.0 Å². The summed E-state index contributed by atoms with van der Waals surface area (Å²) in [6.45, 7) is 4.07. The molecular formula is C14H14BrN5. The molecule has 0 atom stereocenters. The van der Waals surface area contributed by atoms with Crippen molar-refractivity contribution >= 4 is 33.3 Å². The number of nitrogen functional groups attached to an aromatic ring is 1. The Morgan fingerprint density at radius 2 is 2.10 bits per heavy atom. The third-order valence-corrected chi connectivity index (χ3v) is 3.50. The quantitative estimate of drug-likeness (QED) is 0.897. The molecule has 3 N–H and O–H groups in total. The van der Waals surface area contributed by atoms with Crippen molar-refractivity contribution in [3.8, 4) is 6.07 Å². The second-order valence-corrected chi connectivity index (χ2v) is 5.46. The topological polar surface area (TPSA) is 87.6 Å². The second-order valence-electron chi connectivity index (χ2n) is 4.61. The van der Waals surface area contributed by atoms with Crippen LogP contribution < -0.4 is 11.1 Å². The SMILES string of the molecule is CC(C)c1c(N)ncnc1Nc1ccc(C#N)cc1Br. The second kappa shape index (κ2) is 5.88. The molecule has 1 heterocycles. The molecule has 6 heteroatoms. The molecule has 5 nitrogen and oxygen atoms in total. The van der Waals surface area contributed by atoms with Gasteiger partial charge in [-0.2, -0.15) is 5.26 Å². The zero-order chi connectivity index (χ0) is 14.7. The summed E-state index contributed by atoms with van der Waals surface area (Å²) in [5.41, 5.74) is 8.21. The molecule has 0 aliphatic carbocycles. The van der Waals surface area contributed by atoms with E-state index in [0.29, 0.717) is 17.2 Å². The summed E-state index contributed by atoms with van der Waals surface area (Å²) in [5.74, 6) is 1.36. The number of nitrogens with two attached hydrogens (primary N) is 1. The highest BCUT2D eigenvalue weighted by molar-refractivity contribution is 9.10. The van der Waals surface area contributed by atoms with Crippen molar-refractivity contribution in [1.82, 2.24) is 9.97 Å². The first kappa shape index (κ1) is 14.3. The van der Waals surface area contributed by atoms with E-state index < -0.39 is 0 Å². The molecule has 1 aromatic carbocycles. The fourth-order valence-electron chi connectivity index (χ4n) is 1.89. The number of nitrogens with one attached hydrogen (secondary N) is 1. The highest BCUT2D eigenvalue weighted by atomic mass is 79.9. The predicted octanol–water partition coefficient (Wildman–Crippen LogP) is 3.56. The van der Waals surface area contributed by atoms with Gasteiger partial charge in [0, 0.05) is 10.0 Å². The summed E-state index contributed by atoms with van der Waals surface area (Å²) in [4.78, 5) is 8.28. The van der Waals surface area contributed by atoms with Crippen LogP contribution in [0.25, 0.3) is 0 Å². The van der Waals surface area contributed by atoms with Crippen molar-refractivity contribution in [1.29, 1.82) is 5.26 Å². The lowest BCUT2D eigenvalue weighted by atomic mass is 10.0. The van der Waals surface area contributed by atoms with Gasteiger partial charge in [0.2, 0.25) is 0 Å². The van der Waals surface area contributed by atoms with E-state index in [1.165, 1.54) is 6.33 Å².